The first-order valence-electron chi connectivity index (χ1n) is 5.48. The third-order valence-corrected chi connectivity index (χ3v) is 2.74. The van der Waals surface area contributed by atoms with Crippen molar-refractivity contribution in [1.29, 1.82) is 0 Å². The molecule has 2 atom stereocenters. The van der Waals surface area contributed by atoms with Crippen molar-refractivity contribution in [2.45, 2.75) is 31.8 Å². The Labute approximate surface area is 94.9 Å². The predicted molar refractivity (Wildman–Crippen MR) is 58.4 cm³/mol. The van der Waals surface area contributed by atoms with Crippen molar-refractivity contribution >= 4 is 11.8 Å². The number of hydrogen-bond donors (Lipinski definition) is 2. The number of ether oxygens (including phenoxy) is 1. The number of morpholine rings is 1. The Morgan fingerprint density at radius 1 is 1.56 bits per heavy atom. The van der Waals surface area contributed by atoms with Crippen LogP contribution in [-0.2, 0) is 14.3 Å². The number of rotatable bonds is 4. The molecular formula is C10H19N3O3. The standard InChI is InChI=1S/C10H19N3O3/c1-2-7(11)5-9(14)13-3-4-16-6-8(13)10(12)15/h7-8H,2-6,11H2,1H3,(H2,12,15). The van der Waals surface area contributed by atoms with Gasteiger partial charge in [0.2, 0.25) is 11.8 Å². The topological polar surface area (TPSA) is 98.7 Å². The molecule has 0 radical (unpaired) electrons. The molecule has 1 aliphatic rings. The average Bonchev–Trinajstić information content (AvgIpc) is 2.28. The van der Waals surface area contributed by atoms with Crippen LogP contribution >= 0.6 is 0 Å². The van der Waals surface area contributed by atoms with E-state index in [1.807, 2.05) is 6.92 Å². The lowest BCUT2D eigenvalue weighted by Crippen LogP contribution is -2.55. The molecule has 6 nitrogen and oxygen atoms in total. The normalized spacial score (nSPS) is 22.9. The van der Waals surface area contributed by atoms with Crippen LogP contribution in [0.2, 0.25) is 0 Å². The number of nitrogens with two attached hydrogens (primary N) is 2. The second-order valence-electron chi connectivity index (χ2n) is 3.95. The minimum atomic E-state index is -0.648. The Bertz CT molecular complexity index is 270. The zero-order chi connectivity index (χ0) is 12.1. The highest BCUT2D eigenvalue weighted by atomic mass is 16.5. The molecule has 1 aliphatic heterocycles. The lowest BCUT2D eigenvalue weighted by atomic mass is 10.1. The van der Waals surface area contributed by atoms with Crippen molar-refractivity contribution in [1.82, 2.24) is 4.90 Å². The molecule has 1 rings (SSSR count). The maximum absolute atomic E-state index is 11.9. The number of carbonyl (C=O) groups excluding carboxylic acids is 2. The molecule has 1 saturated heterocycles. The molecule has 4 N–H and O–H groups in total. The Morgan fingerprint density at radius 2 is 2.25 bits per heavy atom. The Kier molecular flexibility index (Phi) is 4.70. The largest absolute Gasteiger partial charge is 0.377 e. The summed E-state index contributed by atoms with van der Waals surface area (Å²) in [6, 6.07) is -0.811. The van der Waals surface area contributed by atoms with E-state index in [0.717, 1.165) is 6.42 Å². The van der Waals surface area contributed by atoms with E-state index < -0.39 is 11.9 Å². The average molecular weight is 229 g/mol. The molecule has 92 valence electrons. The Morgan fingerprint density at radius 3 is 2.81 bits per heavy atom. The Hall–Kier alpha value is -1.14. The fourth-order valence-corrected chi connectivity index (χ4v) is 1.62. The van der Waals surface area contributed by atoms with E-state index in [1.54, 1.807) is 0 Å². The molecule has 1 heterocycles. The molecule has 0 aliphatic carbocycles. The van der Waals surface area contributed by atoms with Crippen LogP contribution in [0.4, 0.5) is 0 Å². The third kappa shape index (κ3) is 3.18. The van der Waals surface area contributed by atoms with Crippen molar-refractivity contribution in [3.63, 3.8) is 0 Å². The van der Waals surface area contributed by atoms with Gasteiger partial charge in [0.05, 0.1) is 13.2 Å². The summed E-state index contributed by atoms with van der Waals surface area (Å²) in [6.45, 7) is 2.95. The van der Waals surface area contributed by atoms with E-state index in [9.17, 15) is 9.59 Å². The highest BCUT2D eigenvalue weighted by molar-refractivity contribution is 5.87. The fourth-order valence-electron chi connectivity index (χ4n) is 1.62. The zero-order valence-electron chi connectivity index (χ0n) is 9.52. The van der Waals surface area contributed by atoms with Gasteiger partial charge in [0.1, 0.15) is 6.04 Å². The molecule has 6 heteroatoms. The molecular weight excluding hydrogens is 210 g/mol. The van der Waals surface area contributed by atoms with Gasteiger partial charge in [-0.05, 0) is 6.42 Å². The van der Waals surface area contributed by atoms with E-state index in [4.69, 9.17) is 16.2 Å². The van der Waals surface area contributed by atoms with Crippen molar-refractivity contribution in [3.8, 4) is 0 Å². The molecule has 2 amide bonds. The summed E-state index contributed by atoms with van der Waals surface area (Å²) < 4.78 is 5.13. The molecule has 0 aromatic heterocycles. The summed E-state index contributed by atoms with van der Waals surface area (Å²) in [5, 5.41) is 0. The molecule has 0 aromatic carbocycles. The van der Waals surface area contributed by atoms with Crippen molar-refractivity contribution in [2.75, 3.05) is 19.8 Å². The maximum Gasteiger partial charge on any atom is 0.242 e. The summed E-state index contributed by atoms with van der Waals surface area (Å²) in [5.74, 6) is -0.653. The monoisotopic (exact) mass is 229 g/mol. The van der Waals surface area contributed by atoms with E-state index >= 15 is 0 Å². The summed E-state index contributed by atoms with van der Waals surface area (Å²) in [7, 11) is 0. The lowest BCUT2D eigenvalue weighted by molar-refractivity contribution is -0.147. The fraction of sp³-hybridized carbons (Fsp3) is 0.800. The maximum atomic E-state index is 11.9. The first-order chi connectivity index (χ1) is 7.56. The van der Waals surface area contributed by atoms with E-state index in [2.05, 4.69) is 0 Å². The highest BCUT2D eigenvalue weighted by Crippen LogP contribution is 2.10. The van der Waals surface area contributed by atoms with Crippen LogP contribution in [-0.4, -0.2) is 48.6 Å². The zero-order valence-corrected chi connectivity index (χ0v) is 9.52. The van der Waals surface area contributed by atoms with Crippen molar-refractivity contribution < 1.29 is 14.3 Å². The smallest absolute Gasteiger partial charge is 0.242 e. The van der Waals surface area contributed by atoms with Gasteiger partial charge in [-0.25, -0.2) is 0 Å². The first-order valence-corrected chi connectivity index (χ1v) is 5.48. The minimum absolute atomic E-state index is 0.124. The van der Waals surface area contributed by atoms with Gasteiger partial charge in [0, 0.05) is 19.0 Å². The number of nitrogens with zero attached hydrogens (tertiary/aromatic N) is 1. The van der Waals surface area contributed by atoms with Gasteiger partial charge in [-0.1, -0.05) is 6.92 Å². The van der Waals surface area contributed by atoms with Crippen LogP contribution in [0, 0.1) is 0 Å². The summed E-state index contributed by atoms with van der Waals surface area (Å²) >= 11 is 0. The van der Waals surface area contributed by atoms with E-state index in [0.29, 0.717) is 13.2 Å². The van der Waals surface area contributed by atoms with Gasteiger partial charge in [0.15, 0.2) is 0 Å². The van der Waals surface area contributed by atoms with E-state index in [-0.39, 0.29) is 25.0 Å². The van der Waals surface area contributed by atoms with Gasteiger partial charge < -0.3 is 21.1 Å². The summed E-state index contributed by atoms with van der Waals surface area (Å²) in [4.78, 5) is 24.5. The minimum Gasteiger partial charge on any atom is -0.377 e. The quantitative estimate of drug-likeness (QED) is 0.634. The molecule has 0 bridgehead atoms. The van der Waals surface area contributed by atoms with Gasteiger partial charge in [-0.3, -0.25) is 9.59 Å². The molecule has 16 heavy (non-hydrogen) atoms. The van der Waals surface area contributed by atoms with Crippen molar-refractivity contribution in [3.05, 3.63) is 0 Å². The van der Waals surface area contributed by atoms with Gasteiger partial charge >= 0.3 is 0 Å². The number of hydrogen-bond acceptors (Lipinski definition) is 4. The lowest BCUT2D eigenvalue weighted by Gasteiger charge is -2.34. The van der Waals surface area contributed by atoms with Crippen LogP contribution in [0.1, 0.15) is 19.8 Å². The molecule has 0 spiro atoms. The number of amides is 2. The SMILES string of the molecule is CCC(N)CC(=O)N1CCOCC1C(N)=O. The molecule has 1 fully saturated rings. The second kappa shape index (κ2) is 5.81. The van der Waals surface area contributed by atoms with Crippen LogP contribution < -0.4 is 11.5 Å². The van der Waals surface area contributed by atoms with Crippen LogP contribution in [0.5, 0.6) is 0 Å². The predicted octanol–water partition coefficient (Wildman–Crippen LogP) is -1.17. The van der Waals surface area contributed by atoms with Crippen LogP contribution in [0.15, 0.2) is 0 Å². The van der Waals surface area contributed by atoms with Crippen LogP contribution in [0.25, 0.3) is 0 Å². The third-order valence-electron chi connectivity index (χ3n) is 2.74. The van der Waals surface area contributed by atoms with Gasteiger partial charge in [0.25, 0.3) is 0 Å². The second-order valence-corrected chi connectivity index (χ2v) is 3.95. The number of primary amides is 1. The number of carbonyl (C=O) groups is 2. The molecule has 0 saturated carbocycles. The molecule has 2 unspecified atom stereocenters. The van der Waals surface area contributed by atoms with Gasteiger partial charge in [-0.2, -0.15) is 0 Å². The highest BCUT2D eigenvalue weighted by Gasteiger charge is 2.31. The van der Waals surface area contributed by atoms with Crippen molar-refractivity contribution in [2.24, 2.45) is 11.5 Å². The summed E-state index contributed by atoms with van der Waals surface area (Å²) in [5.41, 5.74) is 10.9. The Balaban J connectivity index is 2.60. The van der Waals surface area contributed by atoms with E-state index in [1.165, 1.54) is 4.90 Å². The first kappa shape index (κ1) is 12.9. The molecule has 0 aromatic rings. The van der Waals surface area contributed by atoms with Crippen LogP contribution in [0.3, 0.4) is 0 Å². The summed E-state index contributed by atoms with van der Waals surface area (Å²) in [6.07, 6.45) is 0.984. The van der Waals surface area contributed by atoms with Gasteiger partial charge in [-0.15, -0.1) is 0 Å².